The van der Waals surface area contributed by atoms with Crippen molar-refractivity contribution in [1.82, 2.24) is 10.2 Å². The van der Waals surface area contributed by atoms with E-state index in [-0.39, 0.29) is 29.3 Å². The number of likely N-dealkylation sites (N-methyl/N-ethyl adjacent to an activating group) is 1. The summed E-state index contributed by atoms with van der Waals surface area (Å²) in [5.41, 5.74) is 1.59. The van der Waals surface area contributed by atoms with E-state index in [1.54, 1.807) is 6.07 Å². The van der Waals surface area contributed by atoms with E-state index in [2.05, 4.69) is 21.2 Å². The van der Waals surface area contributed by atoms with Crippen LogP contribution in [-0.4, -0.2) is 59.0 Å². The highest BCUT2D eigenvalue weighted by Gasteiger charge is 2.34. The molecule has 0 radical (unpaired) electrons. The van der Waals surface area contributed by atoms with Crippen LogP contribution in [0.5, 0.6) is 11.5 Å². The Hall–Kier alpha value is -4.42. The van der Waals surface area contributed by atoms with Gasteiger partial charge in [-0.05, 0) is 59.7 Å². The minimum absolute atomic E-state index is 0.0108. The molecule has 0 heterocycles. The number of nitrogens with one attached hydrogen (secondary N) is 1. The summed E-state index contributed by atoms with van der Waals surface area (Å²) in [6.07, 6.45) is 0.180. The van der Waals surface area contributed by atoms with E-state index in [4.69, 9.17) is 9.47 Å². The predicted molar refractivity (Wildman–Crippen MR) is 173 cm³/mol. The van der Waals surface area contributed by atoms with Crippen molar-refractivity contribution in [3.8, 4) is 11.5 Å². The van der Waals surface area contributed by atoms with E-state index >= 15 is 0 Å². The lowest BCUT2D eigenvalue weighted by Crippen LogP contribution is -2.53. The second-order valence-corrected chi connectivity index (χ2v) is 12.8. The van der Waals surface area contributed by atoms with Gasteiger partial charge >= 0.3 is 0 Å². The van der Waals surface area contributed by atoms with Crippen LogP contribution in [0.2, 0.25) is 0 Å². The summed E-state index contributed by atoms with van der Waals surface area (Å²) in [7, 11) is -0.142. The predicted octanol–water partition coefficient (Wildman–Crippen LogP) is 5.19. The minimum atomic E-state index is -4.42. The van der Waals surface area contributed by atoms with Crippen LogP contribution in [0.4, 0.5) is 10.1 Å². The van der Waals surface area contributed by atoms with Gasteiger partial charge in [-0.3, -0.25) is 13.9 Å². The molecule has 236 valence electrons. The standard InChI is InChI=1S/C33H33BrFN3O6S/c1-36-33(40)29(19-23-8-5-4-6-9-23)37(21-24-10-7-11-25(34)18-24)32(39)22-38(27-14-12-26(35)13-15-27)45(41,42)28-16-17-30(43-2)31(20-28)44-3/h4-18,20,29H,19,21-22H2,1-3H3,(H,36,40)/t29-/m0/s1. The van der Waals surface area contributed by atoms with E-state index in [9.17, 15) is 22.4 Å². The first-order chi connectivity index (χ1) is 21.6. The third-order valence-electron chi connectivity index (χ3n) is 7.10. The lowest BCUT2D eigenvalue weighted by atomic mass is 10.0. The van der Waals surface area contributed by atoms with Gasteiger partial charge in [0.2, 0.25) is 11.8 Å². The Balaban J connectivity index is 1.81. The topological polar surface area (TPSA) is 105 Å². The number of nitrogens with zero attached hydrogens (tertiary/aromatic N) is 2. The molecule has 0 saturated heterocycles. The number of hydrogen-bond donors (Lipinski definition) is 1. The highest BCUT2D eigenvalue weighted by molar-refractivity contribution is 9.10. The monoisotopic (exact) mass is 697 g/mol. The third-order valence-corrected chi connectivity index (χ3v) is 9.36. The van der Waals surface area contributed by atoms with Gasteiger partial charge in [-0.1, -0.05) is 58.4 Å². The molecule has 0 fully saturated rings. The average Bonchev–Trinajstić information content (AvgIpc) is 3.05. The van der Waals surface area contributed by atoms with Crippen molar-refractivity contribution in [3.63, 3.8) is 0 Å². The Bertz CT molecular complexity index is 1740. The van der Waals surface area contributed by atoms with Crippen LogP contribution in [0.1, 0.15) is 11.1 Å². The van der Waals surface area contributed by atoms with Crippen LogP contribution in [0.15, 0.2) is 106 Å². The average molecular weight is 699 g/mol. The summed E-state index contributed by atoms with van der Waals surface area (Å²) < 4.78 is 54.5. The lowest BCUT2D eigenvalue weighted by molar-refractivity contribution is -0.139. The Morgan fingerprint density at radius 1 is 0.867 bits per heavy atom. The molecule has 0 aliphatic carbocycles. The van der Waals surface area contributed by atoms with Crippen molar-refractivity contribution in [3.05, 3.63) is 118 Å². The maximum absolute atomic E-state index is 14.3. The molecule has 9 nitrogen and oxygen atoms in total. The Kier molecular flexibility index (Phi) is 11.2. The normalized spacial score (nSPS) is 11.8. The number of rotatable bonds is 13. The number of halogens is 2. The fraction of sp³-hybridized carbons (Fsp3) is 0.212. The fourth-order valence-corrected chi connectivity index (χ4v) is 6.67. The molecule has 1 atom stereocenters. The second-order valence-electron chi connectivity index (χ2n) is 9.98. The minimum Gasteiger partial charge on any atom is -0.493 e. The molecule has 12 heteroatoms. The van der Waals surface area contributed by atoms with E-state index in [1.165, 1.54) is 56.5 Å². The second kappa shape index (κ2) is 15.0. The number of hydrogen-bond acceptors (Lipinski definition) is 6. The van der Waals surface area contributed by atoms with Crippen molar-refractivity contribution in [2.45, 2.75) is 23.9 Å². The Morgan fingerprint density at radius 2 is 1.53 bits per heavy atom. The van der Waals surface area contributed by atoms with Gasteiger partial charge < -0.3 is 19.7 Å². The molecule has 4 rings (SSSR count). The van der Waals surface area contributed by atoms with Gasteiger partial charge in [-0.2, -0.15) is 0 Å². The van der Waals surface area contributed by atoms with Crippen molar-refractivity contribution < 1.29 is 31.9 Å². The van der Waals surface area contributed by atoms with Crippen molar-refractivity contribution in [2.24, 2.45) is 0 Å². The number of anilines is 1. The zero-order valence-corrected chi connectivity index (χ0v) is 27.3. The fourth-order valence-electron chi connectivity index (χ4n) is 4.79. The van der Waals surface area contributed by atoms with Crippen molar-refractivity contribution >= 4 is 43.5 Å². The van der Waals surface area contributed by atoms with Crippen molar-refractivity contribution in [2.75, 3.05) is 32.1 Å². The highest BCUT2D eigenvalue weighted by Crippen LogP contribution is 2.32. The quantitative estimate of drug-likeness (QED) is 0.206. The maximum atomic E-state index is 14.3. The molecule has 0 aliphatic heterocycles. The van der Waals surface area contributed by atoms with Gasteiger partial charge in [0.25, 0.3) is 10.0 Å². The highest BCUT2D eigenvalue weighted by atomic mass is 79.9. The SMILES string of the molecule is CNC(=O)[C@H](Cc1ccccc1)N(Cc1cccc(Br)c1)C(=O)CN(c1ccc(F)cc1)S(=O)(=O)c1ccc(OC)c(OC)c1. The first-order valence-corrected chi connectivity index (χ1v) is 16.1. The maximum Gasteiger partial charge on any atom is 0.264 e. The molecule has 0 unspecified atom stereocenters. The van der Waals surface area contributed by atoms with Crippen LogP contribution < -0.4 is 19.1 Å². The van der Waals surface area contributed by atoms with Crippen LogP contribution in [0, 0.1) is 5.82 Å². The van der Waals surface area contributed by atoms with E-state index < -0.39 is 40.2 Å². The number of carbonyl (C=O) groups is 2. The van der Waals surface area contributed by atoms with Gasteiger partial charge in [0.1, 0.15) is 18.4 Å². The summed E-state index contributed by atoms with van der Waals surface area (Å²) in [6, 6.07) is 24.4. The first-order valence-electron chi connectivity index (χ1n) is 13.9. The van der Waals surface area contributed by atoms with Gasteiger partial charge in [0, 0.05) is 30.6 Å². The van der Waals surface area contributed by atoms with Crippen LogP contribution in [-0.2, 0) is 32.6 Å². The van der Waals surface area contributed by atoms with Crippen LogP contribution in [0.25, 0.3) is 0 Å². The number of ether oxygens (including phenoxy) is 2. The molecule has 4 aromatic carbocycles. The zero-order valence-electron chi connectivity index (χ0n) is 24.9. The number of amides is 2. The Morgan fingerprint density at radius 3 is 2.16 bits per heavy atom. The van der Waals surface area contributed by atoms with E-state index in [0.29, 0.717) is 5.75 Å². The molecular formula is C33H33BrFN3O6S. The zero-order chi connectivity index (χ0) is 32.6. The van der Waals surface area contributed by atoms with E-state index in [0.717, 1.165) is 32.0 Å². The number of benzene rings is 4. The van der Waals surface area contributed by atoms with Gasteiger partial charge in [-0.15, -0.1) is 0 Å². The molecule has 4 aromatic rings. The number of methoxy groups -OCH3 is 2. The molecule has 45 heavy (non-hydrogen) atoms. The summed E-state index contributed by atoms with van der Waals surface area (Å²) in [4.78, 5) is 28.9. The van der Waals surface area contributed by atoms with Crippen LogP contribution in [0.3, 0.4) is 0 Å². The van der Waals surface area contributed by atoms with Gasteiger partial charge in [0.05, 0.1) is 24.8 Å². The first kappa shape index (κ1) is 33.5. The van der Waals surface area contributed by atoms with E-state index in [1.807, 2.05) is 48.5 Å². The molecule has 0 bridgehead atoms. The Labute approximate surface area is 270 Å². The molecule has 0 saturated carbocycles. The molecule has 0 aromatic heterocycles. The smallest absolute Gasteiger partial charge is 0.264 e. The summed E-state index contributed by atoms with van der Waals surface area (Å²) >= 11 is 3.45. The summed E-state index contributed by atoms with van der Waals surface area (Å²) in [6.45, 7) is -0.671. The largest absolute Gasteiger partial charge is 0.493 e. The van der Waals surface area contributed by atoms with Gasteiger partial charge in [-0.25, -0.2) is 12.8 Å². The van der Waals surface area contributed by atoms with Crippen LogP contribution >= 0.6 is 15.9 Å². The number of carbonyl (C=O) groups excluding carboxylic acids is 2. The number of sulfonamides is 1. The lowest BCUT2D eigenvalue weighted by Gasteiger charge is -2.33. The molecule has 2 amide bonds. The molecule has 0 spiro atoms. The molecular weight excluding hydrogens is 665 g/mol. The summed E-state index contributed by atoms with van der Waals surface area (Å²) in [5.74, 6) is -1.16. The van der Waals surface area contributed by atoms with Crippen molar-refractivity contribution in [1.29, 1.82) is 0 Å². The summed E-state index contributed by atoms with van der Waals surface area (Å²) in [5, 5.41) is 2.65. The third kappa shape index (κ3) is 8.20. The van der Waals surface area contributed by atoms with Gasteiger partial charge in [0.15, 0.2) is 11.5 Å². The molecule has 1 N–H and O–H groups in total. The molecule has 0 aliphatic rings.